The number of aromatic nitrogens is 1. The van der Waals surface area contributed by atoms with E-state index in [1.54, 1.807) is 5.38 Å². The molecule has 3 rings (SSSR count). The van der Waals surface area contributed by atoms with Crippen molar-refractivity contribution in [2.75, 3.05) is 5.32 Å². The van der Waals surface area contributed by atoms with Crippen molar-refractivity contribution >= 4 is 39.7 Å². The molecule has 7 heteroatoms. The minimum atomic E-state index is -0.371. The number of esters is 1. The summed E-state index contributed by atoms with van der Waals surface area (Å²) in [7, 11) is 0. The van der Waals surface area contributed by atoms with E-state index in [-0.39, 0.29) is 18.3 Å². The third-order valence-electron chi connectivity index (χ3n) is 3.66. The highest BCUT2D eigenvalue weighted by Gasteiger charge is 2.14. The number of carbonyl (C=O) groups excluding carboxylic acids is 2. The SMILES string of the molecule is Cc1cccc(C)c1OC(=O)Cc1csc(NC(=O)Cc2cccs2)n1. The van der Waals surface area contributed by atoms with E-state index in [0.717, 1.165) is 16.0 Å². The second-order valence-electron chi connectivity index (χ2n) is 5.82. The normalized spacial score (nSPS) is 10.5. The van der Waals surface area contributed by atoms with Crippen LogP contribution in [0.2, 0.25) is 0 Å². The van der Waals surface area contributed by atoms with E-state index in [1.807, 2.05) is 49.6 Å². The van der Waals surface area contributed by atoms with Gasteiger partial charge in [-0.25, -0.2) is 4.98 Å². The summed E-state index contributed by atoms with van der Waals surface area (Å²) in [6.45, 7) is 3.80. The van der Waals surface area contributed by atoms with Crippen LogP contribution in [0.3, 0.4) is 0 Å². The first-order valence-electron chi connectivity index (χ1n) is 8.05. The summed E-state index contributed by atoms with van der Waals surface area (Å²) in [6.07, 6.45) is 0.381. The number of aryl methyl sites for hydroxylation is 2. The molecule has 0 fully saturated rings. The van der Waals surface area contributed by atoms with Crippen LogP contribution < -0.4 is 10.1 Å². The fourth-order valence-corrected chi connectivity index (χ4v) is 3.87. The summed E-state index contributed by atoms with van der Waals surface area (Å²) < 4.78 is 5.48. The standard InChI is InChI=1S/C19H18N2O3S2/c1-12-5-3-6-13(2)18(12)24-17(23)9-14-11-26-19(20-14)21-16(22)10-15-7-4-8-25-15/h3-8,11H,9-10H2,1-2H3,(H,20,21,22). The molecule has 0 spiro atoms. The second kappa shape index (κ2) is 8.25. The molecule has 1 N–H and O–H groups in total. The molecule has 1 amide bonds. The predicted molar refractivity (Wildman–Crippen MR) is 104 cm³/mol. The van der Waals surface area contributed by atoms with Crippen LogP contribution >= 0.6 is 22.7 Å². The zero-order chi connectivity index (χ0) is 18.5. The number of ether oxygens (including phenoxy) is 1. The number of benzene rings is 1. The third-order valence-corrected chi connectivity index (χ3v) is 5.35. The Morgan fingerprint density at radius 3 is 2.54 bits per heavy atom. The van der Waals surface area contributed by atoms with Gasteiger partial charge >= 0.3 is 5.97 Å². The fraction of sp³-hybridized carbons (Fsp3) is 0.211. The maximum Gasteiger partial charge on any atom is 0.317 e. The van der Waals surface area contributed by atoms with Crippen LogP contribution in [0.25, 0.3) is 0 Å². The number of carbonyl (C=O) groups is 2. The highest BCUT2D eigenvalue weighted by molar-refractivity contribution is 7.14. The zero-order valence-corrected chi connectivity index (χ0v) is 16.1. The molecule has 1 aromatic carbocycles. The first-order valence-corrected chi connectivity index (χ1v) is 9.80. The van der Waals surface area contributed by atoms with E-state index in [2.05, 4.69) is 10.3 Å². The number of thiophene rings is 1. The largest absolute Gasteiger partial charge is 0.426 e. The van der Waals surface area contributed by atoms with Crippen molar-refractivity contribution < 1.29 is 14.3 Å². The average molecular weight is 386 g/mol. The van der Waals surface area contributed by atoms with Crippen LogP contribution in [0.4, 0.5) is 5.13 Å². The molecule has 0 unspecified atom stereocenters. The van der Waals surface area contributed by atoms with Gasteiger partial charge in [-0.3, -0.25) is 9.59 Å². The maximum atomic E-state index is 12.2. The van der Waals surface area contributed by atoms with E-state index in [4.69, 9.17) is 4.74 Å². The van der Waals surface area contributed by atoms with Crippen LogP contribution in [0.15, 0.2) is 41.1 Å². The van der Waals surface area contributed by atoms with Gasteiger partial charge in [-0.2, -0.15) is 0 Å². The molecule has 2 aromatic heterocycles. The van der Waals surface area contributed by atoms with E-state index in [1.165, 1.54) is 22.7 Å². The number of amides is 1. The van der Waals surface area contributed by atoms with Gasteiger partial charge in [0, 0.05) is 10.3 Å². The topological polar surface area (TPSA) is 68.3 Å². The zero-order valence-electron chi connectivity index (χ0n) is 14.4. The Morgan fingerprint density at radius 1 is 1.08 bits per heavy atom. The molecule has 5 nitrogen and oxygen atoms in total. The van der Waals surface area contributed by atoms with Gasteiger partial charge in [0.25, 0.3) is 0 Å². The summed E-state index contributed by atoms with van der Waals surface area (Å²) in [5.74, 6) is 0.104. The van der Waals surface area contributed by atoms with E-state index in [0.29, 0.717) is 23.0 Å². The Kier molecular flexibility index (Phi) is 5.80. The van der Waals surface area contributed by atoms with Gasteiger partial charge in [0.2, 0.25) is 5.91 Å². The first kappa shape index (κ1) is 18.3. The molecular formula is C19H18N2O3S2. The van der Waals surface area contributed by atoms with Gasteiger partial charge in [-0.15, -0.1) is 22.7 Å². The lowest BCUT2D eigenvalue weighted by Crippen LogP contribution is -2.14. The molecule has 0 aliphatic rings. The van der Waals surface area contributed by atoms with Crippen LogP contribution in [0.5, 0.6) is 5.75 Å². The van der Waals surface area contributed by atoms with Crippen LogP contribution in [0.1, 0.15) is 21.7 Å². The molecule has 0 saturated carbocycles. The highest BCUT2D eigenvalue weighted by atomic mass is 32.1. The quantitative estimate of drug-likeness (QED) is 0.510. The van der Waals surface area contributed by atoms with Crippen molar-refractivity contribution in [2.24, 2.45) is 0 Å². The number of nitrogens with zero attached hydrogens (tertiary/aromatic N) is 1. The van der Waals surface area contributed by atoms with Gasteiger partial charge in [-0.1, -0.05) is 24.3 Å². The third kappa shape index (κ3) is 4.77. The van der Waals surface area contributed by atoms with Gasteiger partial charge in [-0.05, 0) is 36.4 Å². The summed E-state index contributed by atoms with van der Waals surface area (Å²) in [5.41, 5.74) is 2.41. The number of hydrogen-bond donors (Lipinski definition) is 1. The molecule has 0 bridgehead atoms. The lowest BCUT2D eigenvalue weighted by atomic mass is 10.1. The van der Waals surface area contributed by atoms with Gasteiger partial charge in [0.05, 0.1) is 18.5 Å². The van der Waals surface area contributed by atoms with Gasteiger partial charge in [0.15, 0.2) is 5.13 Å². The number of para-hydroxylation sites is 1. The molecule has 134 valence electrons. The molecule has 0 aliphatic carbocycles. The Bertz CT molecular complexity index is 897. The minimum absolute atomic E-state index is 0.0606. The molecule has 0 aliphatic heterocycles. The van der Waals surface area contributed by atoms with Gasteiger partial charge < -0.3 is 10.1 Å². The number of thiazole rings is 1. The number of anilines is 1. The lowest BCUT2D eigenvalue weighted by molar-refractivity contribution is -0.133. The fourth-order valence-electron chi connectivity index (χ4n) is 2.44. The van der Waals surface area contributed by atoms with Gasteiger partial charge in [0.1, 0.15) is 5.75 Å². The van der Waals surface area contributed by atoms with Crippen molar-refractivity contribution in [2.45, 2.75) is 26.7 Å². The molecular weight excluding hydrogens is 368 g/mol. The molecule has 0 radical (unpaired) electrons. The highest BCUT2D eigenvalue weighted by Crippen LogP contribution is 2.23. The van der Waals surface area contributed by atoms with E-state index in [9.17, 15) is 9.59 Å². The smallest absolute Gasteiger partial charge is 0.317 e. The molecule has 2 heterocycles. The van der Waals surface area contributed by atoms with Crippen molar-refractivity contribution in [1.82, 2.24) is 4.98 Å². The molecule has 3 aromatic rings. The Labute approximate surface area is 159 Å². The monoisotopic (exact) mass is 386 g/mol. The first-order chi connectivity index (χ1) is 12.5. The van der Waals surface area contributed by atoms with Crippen molar-refractivity contribution in [1.29, 1.82) is 0 Å². The lowest BCUT2D eigenvalue weighted by Gasteiger charge is -2.09. The van der Waals surface area contributed by atoms with Crippen LogP contribution in [-0.2, 0) is 22.4 Å². The molecule has 26 heavy (non-hydrogen) atoms. The van der Waals surface area contributed by atoms with Crippen molar-refractivity contribution in [3.63, 3.8) is 0 Å². The maximum absolute atomic E-state index is 12.2. The van der Waals surface area contributed by atoms with Crippen LogP contribution in [0, 0.1) is 13.8 Å². The molecule has 0 atom stereocenters. The van der Waals surface area contributed by atoms with Crippen molar-refractivity contribution in [3.8, 4) is 5.75 Å². The summed E-state index contributed by atoms with van der Waals surface area (Å²) in [5, 5.41) is 6.95. The van der Waals surface area contributed by atoms with Crippen molar-refractivity contribution in [3.05, 3.63) is 62.8 Å². The molecule has 0 saturated heterocycles. The van der Waals surface area contributed by atoms with E-state index < -0.39 is 0 Å². The summed E-state index contributed by atoms with van der Waals surface area (Å²) in [4.78, 5) is 29.5. The number of nitrogens with one attached hydrogen (secondary N) is 1. The predicted octanol–water partition coefficient (Wildman–Crippen LogP) is 4.15. The second-order valence-corrected chi connectivity index (χ2v) is 7.71. The number of rotatable bonds is 6. The minimum Gasteiger partial charge on any atom is -0.426 e. The van der Waals surface area contributed by atoms with Crippen LogP contribution in [-0.4, -0.2) is 16.9 Å². The Morgan fingerprint density at radius 2 is 1.85 bits per heavy atom. The Hall–Kier alpha value is -2.51. The average Bonchev–Trinajstić information content (AvgIpc) is 3.23. The number of hydrogen-bond acceptors (Lipinski definition) is 6. The Balaban J connectivity index is 1.56. The van der Waals surface area contributed by atoms with E-state index >= 15 is 0 Å². The summed E-state index contributed by atoms with van der Waals surface area (Å²) >= 11 is 2.84. The summed E-state index contributed by atoms with van der Waals surface area (Å²) in [6, 6.07) is 9.56.